The first-order valence-corrected chi connectivity index (χ1v) is 8.66. The first-order valence-electron chi connectivity index (χ1n) is 8.66. The summed E-state index contributed by atoms with van der Waals surface area (Å²) in [6, 6.07) is 9.44. The second kappa shape index (κ2) is 8.65. The lowest BCUT2D eigenvalue weighted by molar-refractivity contribution is -0.167. The van der Waals surface area contributed by atoms with E-state index in [0.29, 0.717) is 6.42 Å². The zero-order valence-corrected chi connectivity index (χ0v) is 15.0. The van der Waals surface area contributed by atoms with Gasteiger partial charge in [-0.3, -0.25) is 9.59 Å². The van der Waals surface area contributed by atoms with Crippen molar-refractivity contribution >= 4 is 11.9 Å². The van der Waals surface area contributed by atoms with Crippen molar-refractivity contribution < 1.29 is 19.1 Å². The second-order valence-electron chi connectivity index (χ2n) is 6.24. The second-order valence-corrected chi connectivity index (χ2v) is 6.24. The molecule has 1 aliphatic carbocycles. The molecule has 0 aromatic heterocycles. The third kappa shape index (κ3) is 3.53. The average molecular weight is 342 g/mol. The van der Waals surface area contributed by atoms with E-state index in [9.17, 15) is 9.59 Å². The lowest BCUT2D eigenvalue weighted by Crippen LogP contribution is -2.47. The van der Waals surface area contributed by atoms with Crippen LogP contribution in [0.5, 0.6) is 0 Å². The molecule has 0 saturated carbocycles. The predicted molar refractivity (Wildman–Crippen MR) is 97.0 cm³/mol. The predicted octanol–water partition coefficient (Wildman–Crippen LogP) is 4.18. The summed E-state index contributed by atoms with van der Waals surface area (Å²) >= 11 is 0. The van der Waals surface area contributed by atoms with E-state index in [4.69, 9.17) is 9.47 Å². The van der Waals surface area contributed by atoms with Crippen molar-refractivity contribution in [3.05, 3.63) is 60.2 Å². The van der Waals surface area contributed by atoms with E-state index in [0.717, 1.165) is 36.8 Å². The minimum absolute atomic E-state index is 0.557. The quantitative estimate of drug-likeness (QED) is 0.442. The fraction of sp³-hybridized carbons (Fsp3) is 0.429. The largest absolute Gasteiger partial charge is 0.468 e. The van der Waals surface area contributed by atoms with Crippen LogP contribution in [0.15, 0.2) is 54.6 Å². The number of methoxy groups -OCH3 is 2. The van der Waals surface area contributed by atoms with Gasteiger partial charge in [0.2, 0.25) is 0 Å². The van der Waals surface area contributed by atoms with Crippen molar-refractivity contribution in [3.8, 4) is 0 Å². The molecule has 1 aromatic carbocycles. The van der Waals surface area contributed by atoms with Crippen LogP contribution < -0.4 is 0 Å². The van der Waals surface area contributed by atoms with E-state index in [1.165, 1.54) is 14.2 Å². The molecule has 0 heterocycles. The number of ether oxygens (including phenoxy) is 2. The van der Waals surface area contributed by atoms with Crippen molar-refractivity contribution in [2.45, 2.75) is 38.0 Å². The molecule has 0 spiro atoms. The monoisotopic (exact) mass is 342 g/mol. The number of carbonyl (C=O) groups excluding carboxylic acids is 2. The lowest BCUT2D eigenvalue weighted by atomic mass is 9.65. The van der Waals surface area contributed by atoms with Gasteiger partial charge in [0.05, 0.1) is 14.2 Å². The highest BCUT2D eigenvalue weighted by atomic mass is 16.5. The SMILES string of the molecule is C=C[C@H](c1ccccc1)C(C(=O)OC)(C(=O)OC)C1=CCCCCC1. The van der Waals surface area contributed by atoms with Crippen LogP contribution in [0.25, 0.3) is 0 Å². The van der Waals surface area contributed by atoms with Gasteiger partial charge >= 0.3 is 11.9 Å². The molecule has 25 heavy (non-hydrogen) atoms. The molecule has 2 rings (SSSR count). The number of carbonyl (C=O) groups is 2. The highest BCUT2D eigenvalue weighted by Gasteiger charge is 2.56. The van der Waals surface area contributed by atoms with Crippen LogP contribution in [0, 0.1) is 5.41 Å². The van der Waals surface area contributed by atoms with Gasteiger partial charge < -0.3 is 9.47 Å². The van der Waals surface area contributed by atoms with E-state index in [1.807, 2.05) is 36.4 Å². The van der Waals surface area contributed by atoms with Gasteiger partial charge in [0, 0.05) is 5.92 Å². The molecule has 0 amide bonds. The standard InChI is InChI=1S/C21H26O4/c1-4-18(16-12-8-7-9-13-16)21(19(22)24-2,20(23)25-3)17-14-10-5-6-11-15-17/h4,7-9,12-14,18H,1,5-6,10-11,15H2,2-3H3/t18-/m1/s1. The lowest BCUT2D eigenvalue weighted by Gasteiger charge is -2.36. The highest BCUT2D eigenvalue weighted by molar-refractivity contribution is 6.05. The summed E-state index contributed by atoms with van der Waals surface area (Å²) in [6.07, 6.45) is 8.22. The Bertz CT molecular complexity index is 629. The molecule has 0 saturated heterocycles. The third-order valence-corrected chi connectivity index (χ3v) is 4.92. The van der Waals surface area contributed by atoms with Crippen molar-refractivity contribution in [2.75, 3.05) is 14.2 Å². The van der Waals surface area contributed by atoms with E-state index in [1.54, 1.807) is 6.08 Å². The summed E-state index contributed by atoms with van der Waals surface area (Å²) in [6.45, 7) is 3.91. The Balaban J connectivity index is 2.71. The first kappa shape index (κ1) is 19.0. The third-order valence-electron chi connectivity index (χ3n) is 4.92. The molecule has 0 aliphatic heterocycles. The van der Waals surface area contributed by atoms with Crippen molar-refractivity contribution in [2.24, 2.45) is 5.41 Å². The zero-order chi connectivity index (χ0) is 18.3. The molecule has 0 unspecified atom stereocenters. The van der Waals surface area contributed by atoms with E-state index in [-0.39, 0.29) is 0 Å². The van der Waals surface area contributed by atoms with Gasteiger partial charge in [0.1, 0.15) is 0 Å². The smallest absolute Gasteiger partial charge is 0.328 e. The molecular weight excluding hydrogens is 316 g/mol. The number of rotatable bonds is 6. The van der Waals surface area contributed by atoms with Crippen molar-refractivity contribution in [1.82, 2.24) is 0 Å². The molecule has 0 fully saturated rings. The number of benzene rings is 1. The van der Waals surface area contributed by atoms with Crippen LogP contribution >= 0.6 is 0 Å². The number of allylic oxidation sites excluding steroid dienone is 2. The fourth-order valence-electron chi connectivity index (χ4n) is 3.72. The molecular formula is C21H26O4. The maximum absolute atomic E-state index is 13.0. The van der Waals surface area contributed by atoms with Crippen molar-refractivity contribution in [1.29, 1.82) is 0 Å². The minimum atomic E-state index is -1.53. The summed E-state index contributed by atoms with van der Waals surface area (Å²) in [5.41, 5.74) is 0.0765. The molecule has 0 radical (unpaired) electrons. The molecule has 1 aromatic rings. The van der Waals surface area contributed by atoms with E-state index < -0.39 is 23.3 Å². The Morgan fingerprint density at radius 1 is 1.08 bits per heavy atom. The van der Waals surface area contributed by atoms with E-state index >= 15 is 0 Å². The molecule has 4 nitrogen and oxygen atoms in total. The normalized spacial score (nSPS) is 16.2. The van der Waals surface area contributed by atoms with Crippen LogP contribution in [0.3, 0.4) is 0 Å². The first-order chi connectivity index (χ1) is 12.1. The summed E-state index contributed by atoms with van der Waals surface area (Å²) in [5, 5.41) is 0. The van der Waals surface area contributed by atoms with Gasteiger partial charge in [-0.05, 0) is 36.8 Å². The Hall–Kier alpha value is -2.36. The van der Waals surface area contributed by atoms with Crippen LogP contribution in [-0.2, 0) is 19.1 Å². The summed E-state index contributed by atoms with van der Waals surface area (Å²) in [7, 11) is 2.62. The highest BCUT2D eigenvalue weighted by Crippen LogP contribution is 2.48. The maximum Gasteiger partial charge on any atom is 0.328 e. The van der Waals surface area contributed by atoms with Crippen LogP contribution in [0.4, 0.5) is 0 Å². The number of hydrogen-bond acceptors (Lipinski definition) is 4. The van der Waals surface area contributed by atoms with Gasteiger partial charge in [-0.1, -0.05) is 48.9 Å². The van der Waals surface area contributed by atoms with Gasteiger partial charge in [-0.2, -0.15) is 0 Å². The Labute approximate surface area is 149 Å². The van der Waals surface area contributed by atoms with Crippen LogP contribution in [0.1, 0.15) is 43.6 Å². The van der Waals surface area contributed by atoms with Gasteiger partial charge in [0.25, 0.3) is 0 Å². The van der Waals surface area contributed by atoms with Gasteiger partial charge in [0.15, 0.2) is 5.41 Å². The Kier molecular flexibility index (Phi) is 6.57. The zero-order valence-electron chi connectivity index (χ0n) is 15.0. The molecule has 4 heteroatoms. The summed E-state index contributed by atoms with van der Waals surface area (Å²) in [5.74, 6) is -1.75. The number of esters is 2. The summed E-state index contributed by atoms with van der Waals surface area (Å²) < 4.78 is 10.2. The Morgan fingerprint density at radius 3 is 2.28 bits per heavy atom. The average Bonchev–Trinajstić information content (AvgIpc) is 2.95. The molecule has 1 atom stereocenters. The Morgan fingerprint density at radius 2 is 1.72 bits per heavy atom. The van der Waals surface area contributed by atoms with Crippen LogP contribution in [-0.4, -0.2) is 26.2 Å². The fourth-order valence-corrected chi connectivity index (χ4v) is 3.72. The molecule has 1 aliphatic rings. The molecule has 0 bridgehead atoms. The molecule has 134 valence electrons. The topological polar surface area (TPSA) is 52.6 Å². The maximum atomic E-state index is 13.0. The number of hydrogen-bond donors (Lipinski definition) is 0. The van der Waals surface area contributed by atoms with Gasteiger partial charge in [-0.25, -0.2) is 0 Å². The summed E-state index contributed by atoms with van der Waals surface area (Å²) in [4.78, 5) is 26.0. The van der Waals surface area contributed by atoms with Gasteiger partial charge in [-0.15, -0.1) is 6.58 Å². The van der Waals surface area contributed by atoms with E-state index in [2.05, 4.69) is 6.58 Å². The van der Waals surface area contributed by atoms with Crippen LogP contribution in [0.2, 0.25) is 0 Å². The van der Waals surface area contributed by atoms with Crippen molar-refractivity contribution in [3.63, 3.8) is 0 Å². The molecule has 0 N–H and O–H groups in total. The minimum Gasteiger partial charge on any atom is -0.468 e.